The summed E-state index contributed by atoms with van der Waals surface area (Å²) in [7, 11) is 8.35. The average Bonchev–Trinajstić information content (AvgIpc) is 2.75. The van der Waals surface area contributed by atoms with Crippen molar-refractivity contribution >= 4 is 5.95 Å². The van der Waals surface area contributed by atoms with Crippen molar-refractivity contribution in [1.29, 1.82) is 0 Å². The van der Waals surface area contributed by atoms with Gasteiger partial charge in [0.2, 0.25) is 5.95 Å². The van der Waals surface area contributed by atoms with Gasteiger partial charge in [0.1, 0.15) is 0 Å². The number of aromatic nitrogens is 2. The largest absolute Gasteiger partial charge is 0.348 e. The smallest absolute Gasteiger partial charge is 0.204 e. The molecule has 20 heavy (non-hydrogen) atoms. The van der Waals surface area contributed by atoms with Crippen molar-refractivity contribution in [2.24, 2.45) is 12.5 Å². The summed E-state index contributed by atoms with van der Waals surface area (Å²) in [6, 6.07) is 0. The number of nitrogens with one attached hydrogen (secondary N) is 1. The molecule has 5 heteroatoms. The highest BCUT2D eigenvalue weighted by Gasteiger charge is 2.28. The first kappa shape index (κ1) is 15.3. The zero-order valence-corrected chi connectivity index (χ0v) is 13.6. The molecule has 0 amide bonds. The lowest BCUT2D eigenvalue weighted by atomic mass is 9.80. The third-order valence-electron chi connectivity index (χ3n) is 4.51. The third kappa shape index (κ3) is 3.52. The van der Waals surface area contributed by atoms with E-state index in [0.717, 1.165) is 19.0 Å². The summed E-state index contributed by atoms with van der Waals surface area (Å²) in [6.07, 6.45) is 4.54. The van der Waals surface area contributed by atoms with Gasteiger partial charge in [-0.05, 0) is 38.4 Å². The van der Waals surface area contributed by atoms with Gasteiger partial charge in [0, 0.05) is 34.2 Å². The average molecular weight is 279 g/mol. The van der Waals surface area contributed by atoms with Crippen LogP contribution in [0.3, 0.4) is 0 Å². The van der Waals surface area contributed by atoms with E-state index in [9.17, 15) is 0 Å². The van der Waals surface area contributed by atoms with E-state index in [0.29, 0.717) is 5.41 Å². The molecular weight excluding hydrogens is 250 g/mol. The van der Waals surface area contributed by atoms with Crippen LogP contribution >= 0.6 is 0 Å². The highest BCUT2D eigenvalue weighted by atomic mass is 15.3. The fourth-order valence-electron chi connectivity index (χ4n) is 2.84. The molecular formula is C15H29N5. The monoisotopic (exact) mass is 279 g/mol. The second kappa shape index (κ2) is 6.14. The predicted octanol–water partition coefficient (Wildman–Crippen LogP) is 1.31. The fraction of sp³-hybridized carbons (Fsp3) is 0.800. The van der Waals surface area contributed by atoms with E-state index in [1.54, 1.807) is 0 Å². The van der Waals surface area contributed by atoms with Crippen LogP contribution in [0.15, 0.2) is 6.20 Å². The van der Waals surface area contributed by atoms with Crippen LogP contribution in [0.2, 0.25) is 0 Å². The van der Waals surface area contributed by atoms with Gasteiger partial charge in [-0.1, -0.05) is 6.92 Å². The Kier molecular flexibility index (Phi) is 4.70. The Hall–Kier alpha value is -1.07. The van der Waals surface area contributed by atoms with Gasteiger partial charge in [-0.3, -0.25) is 0 Å². The highest BCUT2D eigenvalue weighted by Crippen LogP contribution is 2.29. The molecule has 114 valence electrons. The van der Waals surface area contributed by atoms with E-state index >= 15 is 0 Å². The Morgan fingerprint density at radius 3 is 2.50 bits per heavy atom. The van der Waals surface area contributed by atoms with Gasteiger partial charge >= 0.3 is 0 Å². The van der Waals surface area contributed by atoms with Crippen molar-refractivity contribution in [3.05, 3.63) is 11.9 Å². The van der Waals surface area contributed by atoms with Gasteiger partial charge in [0.05, 0.1) is 11.9 Å². The quantitative estimate of drug-likeness (QED) is 0.881. The zero-order chi connectivity index (χ0) is 14.8. The van der Waals surface area contributed by atoms with Crippen molar-refractivity contribution in [1.82, 2.24) is 19.8 Å². The summed E-state index contributed by atoms with van der Waals surface area (Å²) in [4.78, 5) is 8.92. The summed E-state index contributed by atoms with van der Waals surface area (Å²) in [5.74, 6) is 1.01. The van der Waals surface area contributed by atoms with Gasteiger partial charge in [-0.2, -0.15) is 0 Å². The molecule has 0 bridgehead atoms. The molecule has 0 saturated carbocycles. The first-order chi connectivity index (χ1) is 9.41. The minimum atomic E-state index is 0.440. The predicted molar refractivity (Wildman–Crippen MR) is 84.1 cm³/mol. The number of anilines is 1. The van der Waals surface area contributed by atoms with Crippen molar-refractivity contribution in [2.75, 3.05) is 45.7 Å². The molecule has 2 heterocycles. The molecule has 1 N–H and O–H groups in total. The van der Waals surface area contributed by atoms with Crippen LogP contribution < -0.4 is 10.2 Å². The third-order valence-corrected chi connectivity index (χ3v) is 4.51. The summed E-state index contributed by atoms with van der Waals surface area (Å²) < 4.78 is 2.16. The fourth-order valence-corrected chi connectivity index (χ4v) is 2.84. The second-order valence-electron chi connectivity index (χ2n) is 6.72. The van der Waals surface area contributed by atoms with E-state index in [4.69, 9.17) is 0 Å². The number of likely N-dealkylation sites (tertiary alicyclic amines) is 1. The van der Waals surface area contributed by atoms with Crippen molar-refractivity contribution in [3.63, 3.8) is 0 Å². The van der Waals surface area contributed by atoms with E-state index in [2.05, 4.69) is 40.8 Å². The lowest BCUT2D eigenvalue weighted by Gasteiger charge is -2.38. The summed E-state index contributed by atoms with van der Waals surface area (Å²) in [5.41, 5.74) is 1.68. The van der Waals surface area contributed by atoms with Crippen LogP contribution in [0.1, 0.15) is 25.5 Å². The molecule has 1 aliphatic heterocycles. The van der Waals surface area contributed by atoms with Crippen LogP contribution in [0.4, 0.5) is 5.95 Å². The molecule has 0 radical (unpaired) electrons. The highest BCUT2D eigenvalue weighted by molar-refractivity contribution is 5.30. The second-order valence-corrected chi connectivity index (χ2v) is 6.72. The molecule has 1 aliphatic rings. The molecule has 1 aromatic rings. The Labute approximate surface area is 123 Å². The Morgan fingerprint density at radius 1 is 1.30 bits per heavy atom. The van der Waals surface area contributed by atoms with Crippen LogP contribution in [0.5, 0.6) is 0 Å². The number of piperidine rings is 1. The van der Waals surface area contributed by atoms with E-state index in [1.165, 1.54) is 31.6 Å². The number of hydrogen-bond acceptors (Lipinski definition) is 4. The lowest BCUT2D eigenvalue weighted by molar-refractivity contribution is 0.136. The first-order valence-corrected chi connectivity index (χ1v) is 7.48. The minimum absolute atomic E-state index is 0.440. The summed E-state index contributed by atoms with van der Waals surface area (Å²) >= 11 is 0. The van der Waals surface area contributed by atoms with Crippen molar-refractivity contribution < 1.29 is 0 Å². The van der Waals surface area contributed by atoms with E-state index < -0.39 is 0 Å². The Balaban J connectivity index is 1.84. The standard InChI is InChI=1S/C15H29N5/c1-15(6-8-19(4)9-7-15)12-16-10-13-11-17-14(18(2)3)20(13)5/h11,16H,6-10,12H2,1-5H3. The molecule has 0 atom stereocenters. The molecule has 0 spiro atoms. The van der Waals surface area contributed by atoms with E-state index in [1.807, 2.05) is 25.2 Å². The maximum absolute atomic E-state index is 4.45. The van der Waals surface area contributed by atoms with Gasteiger partial charge in [-0.25, -0.2) is 4.98 Å². The molecule has 2 rings (SSSR count). The maximum atomic E-state index is 4.45. The van der Waals surface area contributed by atoms with E-state index in [-0.39, 0.29) is 0 Å². The minimum Gasteiger partial charge on any atom is -0.348 e. The number of hydrogen-bond donors (Lipinski definition) is 1. The summed E-state index contributed by atoms with van der Waals surface area (Å²) in [6.45, 7) is 6.82. The van der Waals surface area contributed by atoms with Gasteiger partial charge in [0.15, 0.2) is 0 Å². The Morgan fingerprint density at radius 2 is 1.95 bits per heavy atom. The number of nitrogens with zero attached hydrogens (tertiary/aromatic N) is 4. The normalized spacial score (nSPS) is 19.2. The SMILES string of the molecule is CN1CCC(C)(CNCc2cnc(N(C)C)n2C)CC1. The molecule has 1 aromatic heterocycles. The van der Waals surface area contributed by atoms with Gasteiger partial charge in [0.25, 0.3) is 0 Å². The van der Waals surface area contributed by atoms with Crippen LogP contribution in [-0.2, 0) is 13.6 Å². The number of rotatable bonds is 5. The van der Waals surface area contributed by atoms with Gasteiger partial charge in [-0.15, -0.1) is 0 Å². The van der Waals surface area contributed by atoms with Crippen LogP contribution in [0.25, 0.3) is 0 Å². The Bertz CT molecular complexity index is 429. The van der Waals surface area contributed by atoms with Crippen LogP contribution in [0, 0.1) is 5.41 Å². The summed E-state index contributed by atoms with van der Waals surface area (Å²) in [5, 5.41) is 3.62. The maximum Gasteiger partial charge on any atom is 0.204 e. The first-order valence-electron chi connectivity index (χ1n) is 7.48. The molecule has 5 nitrogen and oxygen atoms in total. The molecule has 1 saturated heterocycles. The van der Waals surface area contributed by atoms with Gasteiger partial charge < -0.3 is 19.7 Å². The van der Waals surface area contributed by atoms with Crippen molar-refractivity contribution in [3.8, 4) is 0 Å². The lowest BCUT2D eigenvalue weighted by Crippen LogP contribution is -2.42. The zero-order valence-electron chi connectivity index (χ0n) is 13.6. The molecule has 0 aromatic carbocycles. The number of imidazole rings is 1. The molecule has 0 aliphatic carbocycles. The molecule has 0 unspecified atom stereocenters. The van der Waals surface area contributed by atoms with Crippen LogP contribution in [-0.4, -0.2) is 55.2 Å². The molecule has 1 fully saturated rings. The topological polar surface area (TPSA) is 36.3 Å². The van der Waals surface area contributed by atoms with Crippen molar-refractivity contribution in [2.45, 2.75) is 26.3 Å².